The van der Waals surface area contributed by atoms with Gasteiger partial charge in [-0.05, 0) is 31.9 Å². The summed E-state index contributed by atoms with van der Waals surface area (Å²) < 4.78 is 0. The van der Waals surface area contributed by atoms with E-state index in [9.17, 15) is 4.79 Å². The van der Waals surface area contributed by atoms with Gasteiger partial charge in [0.15, 0.2) is 5.13 Å². The van der Waals surface area contributed by atoms with Crippen LogP contribution in [0.5, 0.6) is 0 Å². The standard InChI is InChI=1S/C16H20N2O2S/c1-9-6-10(2)14(11(3)7-9)15-12(8-13(19)20)21-16(17-15)18(4)5/h6-7H,8H2,1-5H3,(H,19,20). The summed E-state index contributed by atoms with van der Waals surface area (Å²) in [5.74, 6) is -0.826. The third-order valence-corrected chi connectivity index (χ3v) is 4.52. The van der Waals surface area contributed by atoms with Crippen LogP contribution < -0.4 is 4.90 Å². The Morgan fingerprint density at radius 3 is 2.29 bits per heavy atom. The number of aliphatic carboxylic acids is 1. The first kappa shape index (κ1) is 15.5. The molecule has 21 heavy (non-hydrogen) atoms. The molecule has 0 bridgehead atoms. The van der Waals surface area contributed by atoms with Crippen LogP contribution >= 0.6 is 11.3 Å². The Morgan fingerprint density at radius 2 is 1.81 bits per heavy atom. The van der Waals surface area contributed by atoms with Crippen molar-refractivity contribution in [2.45, 2.75) is 27.2 Å². The van der Waals surface area contributed by atoms with E-state index in [-0.39, 0.29) is 6.42 Å². The van der Waals surface area contributed by atoms with Crippen molar-refractivity contribution >= 4 is 22.4 Å². The molecule has 0 aliphatic heterocycles. The maximum absolute atomic E-state index is 11.1. The number of nitrogens with zero attached hydrogens (tertiary/aromatic N) is 2. The Hall–Kier alpha value is -1.88. The average Bonchev–Trinajstić information content (AvgIpc) is 2.71. The van der Waals surface area contributed by atoms with Crippen molar-refractivity contribution in [3.05, 3.63) is 33.7 Å². The van der Waals surface area contributed by atoms with Gasteiger partial charge in [0, 0.05) is 24.5 Å². The molecule has 0 amide bonds. The van der Waals surface area contributed by atoms with Crippen LogP contribution in [0.4, 0.5) is 5.13 Å². The van der Waals surface area contributed by atoms with E-state index in [2.05, 4.69) is 37.9 Å². The van der Waals surface area contributed by atoms with Gasteiger partial charge in [0.25, 0.3) is 0 Å². The highest BCUT2D eigenvalue weighted by Crippen LogP contribution is 2.36. The van der Waals surface area contributed by atoms with Crippen molar-refractivity contribution < 1.29 is 9.90 Å². The van der Waals surface area contributed by atoms with Gasteiger partial charge in [0.2, 0.25) is 0 Å². The Morgan fingerprint density at radius 1 is 1.24 bits per heavy atom. The summed E-state index contributed by atoms with van der Waals surface area (Å²) in [6.45, 7) is 6.16. The van der Waals surface area contributed by atoms with Crippen molar-refractivity contribution in [3.63, 3.8) is 0 Å². The quantitative estimate of drug-likeness (QED) is 0.940. The minimum Gasteiger partial charge on any atom is -0.481 e. The SMILES string of the molecule is Cc1cc(C)c(-c2nc(N(C)C)sc2CC(=O)O)c(C)c1. The smallest absolute Gasteiger partial charge is 0.308 e. The van der Waals surface area contributed by atoms with Crippen LogP contribution in [0.3, 0.4) is 0 Å². The van der Waals surface area contributed by atoms with Gasteiger partial charge < -0.3 is 10.0 Å². The molecule has 2 aromatic rings. The molecule has 0 aliphatic carbocycles. The van der Waals surface area contributed by atoms with Crippen molar-refractivity contribution in [1.29, 1.82) is 0 Å². The Balaban J connectivity index is 2.64. The number of thiazole rings is 1. The molecule has 0 radical (unpaired) electrons. The molecular formula is C16H20N2O2S. The maximum Gasteiger partial charge on any atom is 0.308 e. The van der Waals surface area contributed by atoms with Crippen molar-refractivity contribution in [2.75, 3.05) is 19.0 Å². The number of anilines is 1. The molecule has 1 aromatic carbocycles. The van der Waals surface area contributed by atoms with Crippen LogP contribution in [0.2, 0.25) is 0 Å². The molecule has 5 heteroatoms. The second-order valence-corrected chi connectivity index (χ2v) is 6.57. The zero-order valence-corrected chi connectivity index (χ0v) is 13.8. The maximum atomic E-state index is 11.1. The summed E-state index contributed by atoms with van der Waals surface area (Å²) in [6, 6.07) is 4.23. The molecule has 4 nitrogen and oxygen atoms in total. The summed E-state index contributed by atoms with van der Waals surface area (Å²) in [5.41, 5.74) is 5.34. The fourth-order valence-electron chi connectivity index (χ4n) is 2.54. The highest BCUT2D eigenvalue weighted by atomic mass is 32.1. The molecule has 0 unspecified atom stereocenters. The van der Waals surface area contributed by atoms with Crippen LogP contribution in [-0.2, 0) is 11.2 Å². The number of hydrogen-bond donors (Lipinski definition) is 1. The number of rotatable bonds is 4. The van der Waals surface area contributed by atoms with E-state index in [1.165, 1.54) is 16.9 Å². The molecule has 1 heterocycles. The molecule has 1 N–H and O–H groups in total. The summed E-state index contributed by atoms with van der Waals surface area (Å²) in [7, 11) is 3.84. The van der Waals surface area contributed by atoms with Gasteiger partial charge in [0.1, 0.15) is 0 Å². The molecule has 0 atom stereocenters. The van der Waals surface area contributed by atoms with E-state index in [0.29, 0.717) is 0 Å². The van der Waals surface area contributed by atoms with Gasteiger partial charge in [-0.1, -0.05) is 17.7 Å². The predicted octanol–water partition coefficient (Wildman–Crippen LogP) is 3.43. The van der Waals surface area contributed by atoms with E-state index in [1.54, 1.807) is 0 Å². The number of aromatic nitrogens is 1. The summed E-state index contributed by atoms with van der Waals surface area (Å²) in [6.07, 6.45) is 0.00754. The van der Waals surface area contributed by atoms with Crippen LogP contribution in [0, 0.1) is 20.8 Å². The number of carboxylic acids is 1. The first-order valence-electron chi connectivity index (χ1n) is 6.76. The Kier molecular flexibility index (Phi) is 4.32. The Bertz CT molecular complexity index is 667. The van der Waals surface area contributed by atoms with Crippen molar-refractivity contribution in [1.82, 2.24) is 4.98 Å². The van der Waals surface area contributed by atoms with Crippen LogP contribution in [-0.4, -0.2) is 30.2 Å². The second kappa shape index (κ2) is 5.85. The lowest BCUT2D eigenvalue weighted by atomic mass is 9.96. The highest BCUT2D eigenvalue weighted by Gasteiger charge is 2.19. The van der Waals surface area contributed by atoms with E-state index in [1.807, 2.05) is 19.0 Å². The zero-order chi connectivity index (χ0) is 15.7. The normalized spacial score (nSPS) is 10.7. The largest absolute Gasteiger partial charge is 0.481 e. The second-order valence-electron chi connectivity index (χ2n) is 5.51. The Labute approximate surface area is 129 Å². The zero-order valence-electron chi connectivity index (χ0n) is 13.0. The molecule has 2 rings (SSSR count). The highest BCUT2D eigenvalue weighted by molar-refractivity contribution is 7.16. The molecule has 0 fully saturated rings. The lowest BCUT2D eigenvalue weighted by Crippen LogP contribution is -2.07. The van der Waals surface area contributed by atoms with Gasteiger partial charge in [-0.2, -0.15) is 0 Å². The van der Waals surface area contributed by atoms with Crippen molar-refractivity contribution in [3.8, 4) is 11.3 Å². The van der Waals surface area contributed by atoms with Gasteiger partial charge in [-0.3, -0.25) is 4.79 Å². The monoisotopic (exact) mass is 304 g/mol. The number of hydrogen-bond acceptors (Lipinski definition) is 4. The number of carbonyl (C=O) groups is 1. The van der Waals surface area contributed by atoms with E-state index < -0.39 is 5.97 Å². The molecule has 0 saturated carbocycles. The predicted molar refractivity (Wildman–Crippen MR) is 87.4 cm³/mol. The third-order valence-electron chi connectivity index (χ3n) is 3.29. The fraction of sp³-hybridized carbons (Fsp3) is 0.375. The molecule has 1 aromatic heterocycles. The fourth-order valence-corrected chi connectivity index (χ4v) is 3.52. The molecule has 112 valence electrons. The van der Waals surface area contributed by atoms with Crippen molar-refractivity contribution in [2.24, 2.45) is 0 Å². The topological polar surface area (TPSA) is 53.4 Å². The number of carboxylic acid groups (broad SMARTS) is 1. The van der Waals surface area contributed by atoms with Crippen LogP contribution in [0.1, 0.15) is 21.6 Å². The number of benzene rings is 1. The van der Waals surface area contributed by atoms with E-state index in [4.69, 9.17) is 5.11 Å². The van der Waals surface area contributed by atoms with Gasteiger partial charge in [-0.25, -0.2) is 4.98 Å². The average molecular weight is 304 g/mol. The third kappa shape index (κ3) is 3.24. The number of aryl methyl sites for hydroxylation is 3. The summed E-state index contributed by atoms with van der Waals surface area (Å²) in [5, 5.41) is 9.97. The van der Waals surface area contributed by atoms with E-state index >= 15 is 0 Å². The van der Waals surface area contributed by atoms with E-state index in [0.717, 1.165) is 32.4 Å². The molecular weight excluding hydrogens is 284 g/mol. The summed E-state index contributed by atoms with van der Waals surface area (Å²) >= 11 is 1.45. The van der Waals surface area contributed by atoms with Crippen LogP contribution in [0.25, 0.3) is 11.3 Å². The molecule has 0 spiro atoms. The first-order chi connectivity index (χ1) is 9.79. The first-order valence-corrected chi connectivity index (χ1v) is 7.58. The van der Waals surface area contributed by atoms with Crippen LogP contribution in [0.15, 0.2) is 12.1 Å². The van der Waals surface area contributed by atoms with Gasteiger partial charge in [-0.15, -0.1) is 11.3 Å². The summed E-state index contributed by atoms with van der Waals surface area (Å²) in [4.78, 5) is 18.5. The molecule has 0 saturated heterocycles. The minimum atomic E-state index is -0.826. The van der Waals surface area contributed by atoms with Gasteiger partial charge in [0.05, 0.1) is 12.1 Å². The molecule has 0 aliphatic rings. The lowest BCUT2D eigenvalue weighted by molar-refractivity contribution is -0.136. The lowest BCUT2D eigenvalue weighted by Gasteiger charge is -2.11. The van der Waals surface area contributed by atoms with Gasteiger partial charge >= 0.3 is 5.97 Å². The minimum absolute atomic E-state index is 0.00754.